The predicted molar refractivity (Wildman–Crippen MR) is 118 cm³/mol. The van der Waals surface area contributed by atoms with Crippen LogP contribution in [0.1, 0.15) is 49.0 Å². The lowest BCUT2D eigenvalue weighted by atomic mass is 9.53. The molecular formula is C24H24Cl2N3O+. The lowest BCUT2D eigenvalue weighted by Crippen LogP contribution is -2.59. The predicted octanol–water partition coefficient (Wildman–Crippen LogP) is 5.43. The van der Waals surface area contributed by atoms with Gasteiger partial charge in [-0.25, -0.2) is 4.98 Å². The molecule has 2 aromatic heterocycles. The van der Waals surface area contributed by atoms with E-state index in [9.17, 15) is 4.79 Å². The summed E-state index contributed by atoms with van der Waals surface area (Å²) in [5.41, 5.74) is 2.27. The molecule has 6 heteroatoms. The fourth-order valence-electron chi connectivity index (χ4n) is 6.73. The smallest absolute Gasteiger partial charge is 0.296 e. The molecule has 154 valence electrons. The number of amides is 1. The van der Waals surface area contributed by atoms with Gasteiger partial charge in [0.1, 0.15) is 0 Å². The molecule has 4 fully saturated rings. The molecular weight excluding hydrogens is 417 g/mol. The van der Waals surface area contributed by atoms with Crippen molar-refractivity contribution in [2.75, 3.05) is 0 Å². The number of hydrogen-bond donors (Lipinski definition) is 2. The third-order valence-corrected chi connectivity index (χ3v) is 7.82. The number of hydrogen-bond acceptors (Lipinski definition) is 1. The molecule has 0 aliphatic heterocycles. The fraction of sp³-hybridized carbons (Fsp3) is 0.417. The number of pyridine rings is 1. The molecule has 4 bridgehead atoms. The van der Waals surface area contributed by atoms with Crippen LogP contribution in [0, 0.1) is 17.8 Å². The van der Waals surface area contributed by atoms with Crippen molar-refractivity contribution in [2.24, 2.45) is 17.8 Å². The largest absolute Gasteiger partial charge is 0.343 e. The Kier molecular flexibility index (Phi) is 4.20. The molecule has 2 heterocycles. The summed E-state index contributed by atoms with van der Waals surface area (Å²) in [6.07, 6.45) is 9.42. The number of nitrogens with zero attached hydrogens (tertiary/aromatic N) is 1. The highest BCUT2D eigenvalue weighted by Crippen LogP contribution is 2.55. The zero-order valence-electron chi connectivity index (χ0n) is 16.6. The van der Waals surface area contributed by atoms with Gasteiger partial charge in [-0.1, -0.05) is 29.3 Å². The maximum absolute atomic E-state index is 13.5. The number of halogens is 2. The summed E-state index contributed by atoms with van der Waals surface area (Å²) >= 11 is 12.5. The van der Waals surface area contributed by atoms with E-state index in [4.69, 9.17) is 23.2 Å². The zero-order chi connectivity index (χ0) is 20.5. The van der Waals surface area contributed by atoms with Crippen LogP contribution in [0.25, 0.3) is 16.9 Å². The van der Waals surface area contributed by atoms with Crippen LogP contribution < -0.4 is 9.72 Å². The average molecular weight is 441 g/mol. The van der Waals surface area contributed by atoms with E-state index >= 15 is 0 Å². The second-order valence-electron chi connectivity index (χ2n) is 9.61. The number of carbonyl (C=O) groups excluding carboxylic acids is 1. The number of benzene rings is 1. The first-order valence-electron chi connectivity index (χ1n) is 10.8. The van der Waals surface area contributed by atoms with Crippen LogP contribution in [0.15, 0.2) is 42.6 Å². The lowest BCUT2D eigenvalue weighted by molar-refractivity contribution is -0.498. The van der Waals surface area contributed by atoms with Crippen LogP contribution >= 0.6 is 23.2 Å². The van der Waals surface area contributed by atoms with Gasteiger partial charge in [-0.05, 0) is 86.6 Å². The number of rotatable bonds is 3. The van der Waals surface area contributed by atoms with Gasteiger partial charge in [-0.2, -0.15) is 4.40 Å². The highest BCUT2D eigenvalue weighted by atomic mass is 35.5. The second-order valence-corrected chi connectivity index (χ2v) is 10.5. The Morgan fingerprint density at radius 2 is 1.63 bits per heavy atom. The van der Waals surface area contributed by atoms with Crippen molar-refractivity contribution in [3.63, 3.8) is 0 Å². The molecule has 4 nitrogen and oxygen atoms in total. The maximum atomic E-state index is 13.5. The van der Waals surface area contributed by atoms with Gasteiger partial charge in [0.2, 0.25) is 5.69 Å². The molecule has 0 saturated heterocycles. The van der Waals surface area contributed by atoms with Crippen molar-refractivity contribution in [2.45, 2.75) is 44.1 Å². The molecule has 3 aromatic rings. The highest BCUT2D eigenvalue weighted by molar-refractivity contribution is 6.35. The van der Waals surface area contributed by atoms with E-state index in [0.717, 1.165) is 53.9 Å². The zero-order valence-corrected chi connectivity index (χ0v) is 18.1. The van der Waals surface area contributed by atoms with Gasteiger partial charge in [0.15, 0.2) is 5.52 Å². The lowest BCUT2D eigenvalue weighted by Gasteiger charge is -2.56. The van der Waals surface area contributed by atoms with Gasteiger partial charge >= 0.3 is 0 Å². The average Bonchev–Trinajstić information content (AvgIpc) is 3.06. The number of imidazole rings is 1. The summed E-state index contributed by atoms with van der Waals surface area (Å²) in [6.45, 7) is 0. The quantitative estimate of drug-likeness (QED) is 0.524. The topological polar surface area (TPSA) is 49.0 Å². The van der Waals surface area contributed by atoms with Gasteiger partial charge in [0.25, 0.3) is 11.7 Å². The molecule has 4 aliphatic rings. The normalized spacial score (nSPS) is 29.5. The van der Waals surface area contributed by atoms with Crippen molar-refractivity contribution in [3.05, 3.63) is 58.3 Å². The Labute approximate surface area is 185 Å². The van der Waals surface area contributed by atoms with Gasteiger partial charge in [0, 0.05) is 15.6 Å². The third-order valence-electron chi connectivity index (χ3n) is 7.38. The van der Waals surface area contributed by atoms with Crippen LogP contribution in [0.5, 0.6) is 0 Å². The highest BCUT2D eigenvalue weighted by Gasteiger charge is 2.52. The minimum atomic E-state index is -0.0256. The van der Waals surface area contributed by atoms with Crippen LogP contribution in [-0.2, 0) is 0 Å². The Hall–Kier alpha value is -2.04. The minimum absolute atomic E-state index is 0.0139. The van der Waals surface area contributed by atoms with Gasteiger partial charge in [0.05, 0.1) is 11.8 Å². The van der Waals surface area contributed by atoms with Crippen LogP contribution in [0.4, 0.5) is 0 Å². The summed E-state index contributed by atoms with van der Waals surface area (Å²) in [5, 5.41) is 4.62. The standard InChI is InChI=1S/C24H23Cl2N3O/c25-18-8-17(9-19(26)10-18)22-27-21(20-3-1-2-4-29(20)22)23(30)28-24-11-14-5-15(12-24)7-16(6-14)13-24/h1-4,8-10,14-16H,5-7,11-13H2,(H,28,30)/p+1. The van der Waals surface area contributed by atoms with Crippen molar-refractivity contribution in [1.82, 2.24) is 10.3 Å². The molecule has 4 saturated carbocycles. The van der Waals surface area contributed by atoms with Gasteiger partial charge in [-0.3, -0.25) is 4.79 Å². The number of carbonyl (C=O) groups is 1. The first-order chi connectivity index (χ1) is 14.5. The van der Waals surface area contributed by atoms with Crippen molar-refractivity contribution < 1.29 is 9.20 Å². The van der Waals surface area contributed by atoms with Crippen molar-refractivity contribution in [3.8, 4) is 11.4 Å². The van der Waals surface area contributed by atoms with E-state index in [1.165, 1.54) is 19.3 Å². The molecule has 0 atom stereocenters. The number of aromatic nitrogens is 2. The summed E-state index contributed by atoms with van der Waals surface area (Å²) in [4.78, 5) is 16.9. The van der Waals surface area contributed by atoms with E-state index in [0.29, 0.717) is 15.7 Å². The fourth-order valence-corrected chi connectivity index (χ4v) is 7.25. The summed E-state index contributed by atoms with van der Waals surface area (Å²) < 4.78 is 2.00. The van der Waals surface area contributed by atoms with Crippen molar-refractivity contribution >= 4 is 34.6 Å². The molecule has 0 radical (unpaired) electrons. The van der Waals surface area contributed by atoms with E-state index in [2.05, 4.69) is 10.3 Å². The molecule has 2 N–H and O–H groups in total. The van der Waals surface area contributed by atoms with Crippen LogP contribution in [-0.4, -0.2) is 16.4 Å². The van der Waals surface area contributed by atoms with Crippen LogP contribution in [0.3, 0.4) is 0 Å². The van der Waals surface area contributed by atoms with Crippen molar-refractivity contribution in [1.29, 1.82) is 0 Å². The molecule has 1 amide bonds. The molecule has 1 aromatic carbocycles. The Morgan fingerprint density at radius 3 is 2.27 bits per heavy atom. The van der Waals surface area contributed by atoms with E-state index < -0.39 is 0 Å². The SMILES string of the molecule is O=C(NC12CC3CC(CC(C3)C1)C2)c1[nH]c(-c2cc(Cl)cc(Cl)c2)[n+]2ccccc12. The Morgan fingerprint density at radius 1 is 1.00 bits per heavy atom. The monoisotopic (exact) mass is 440 g/mol. The van der Waals surface area contributed by atoms with E-state index in [-0.39, 0.29) is 11.4 Å². The maximum Gasteiger partial charge on any atom is 0.296 e. The number of H-pyrrole nitrogens is 1. The first kappa shape index (κ1) is 18.7. The van der Waals surface area contributed by atoms with E-state index in [1.54, 1.807) is 6.07 Å². The number of nitrogens with one attached hydrogen (secondary N) is 2. The van der Waals surface area contributed by atoms with Gasteiger partial charge < -0.3 is 5.32 Å². The first-order valence-corrected chi connectivity index (χ1v) is 11.5. The number of fused-ring (bicyclic) bond motifs is 1. The summed E-state index contributed by atoms with van der Waals surface area (Å²) in [7, 11) is 0. The van der Waals surface area contributed by atoms with E-state index in [1.807, 2.05) is 40.9 Å². The molecule has 30 heavy (non-hydrogen) atoms. The minimum Gasteiger partial charge on any atom is -0.343 e. The Bertz CT molecular complexity index is 1110. The second kappa shape index (κ2) is 6.73. The molecule has 0 spiro atoms. The van der Waals surface area contributed by atoms with Crippen LogP contribution in [0.2, 0.25) is 10.0 Å². The molecule has 4 aliphatic carbocycles. The Balaban J connectivity index is 1.39. The summed E-state index contributed by atoms with van der Waals surface area (Å²) in [6, 6.07) is 11.3. The third kappa shape index (κ3) is 3.04. The molecule has 0 unspecified atom stereocenters. The van der Waals surface area contributed by atoms with Gasteiger partial charge in [-0.15, -0.1) is 0 Å². The molecule has 7 rings (SSSR count). The summed E-state index contributed by atoms with van der Waals surface area (Å²) in [5.74, 6) is 3.15. The number of aromatic amines is 1.